The summed E-state index contributed by atoms with van der Waals surface area (Å²) in [5.41, 5.74) is 1.32. The number of carbonyl (C=O) groups is 1. The van der Waals surface area contributed by atoms with Crippen LogP contribution in [0.15, 0.2) is 11.6 Å². The third kappa shape index (κ3) is 3.52. The maximum absolute atomic E-state index is 10.9. The highest BCUT2D eigenvalue weighted by Crippen LogP contribution is 2.27. The Hall–Kier alpha value is -0.790. The predicted molar refractivity (Wildman–Crippen MR) is 56.9 cm³/mol. The van der Waals surface area contributed by atoms with E-state index in [1.807, 2.05) is 0 Å². The molecule has 1 aliphatic carbocycles. The van der Waals surface area contributed by atoms with E-state index in [-0.39, 0.29) is 12.1 Å². The Morgan fingerprint density at radius 1 is 1.50 bits per heavy atom. The standard InChI is InChI=1S/C12H20O2/c1-9(2)8-11-6-4-5-7-12(11)14-10(3)13/h8-9,12H,4-7H2,1-3H3/b11-8+/t12-/m0/s1. The molecule has 2 nitrogen and oxygen atoms in total. The van der Waals surface area contributed by atoms with Crippen molar-refractivity contribution in [2.24, 2.45) is 5.92 Å². The predicted octanol–water partition coefficient (Wildman–Crippen LogP) is 3.07. The molecule has 0 heterocycles. The van der Waals surface area contributed by atoms with Gasteiger partial charge in [-0.1, -0.05) is 19.9 Å². The lowest BCUT2D eigenvalue weighted by molar-refractivity contribution is -0.145. The molecule has 1 rings (SSSR count). The summed E-state index contributed by atoms with van der Waals surface area (Å²) in [6.07, 6.45) is 6.80. The molecular weight excluding hydrogens is 176 g/mol. The van der Waals surface area contributed by atoms with Crippen molar-refractivity contribution in [1.29, 1.82) is 0 Å². The Morgan fingerprint density at radius 2 is 2.21 bits per heavy atom. The monoisotopic (exact) mass is 196 g/mol. The molecule has 0 aromatic heterocycles. The number of hydrogen-bond acceptors (Lipinski definition) is 2. The number of allylic oxidation sites excluding steroid dienone is 1. The van der Waals surface area contributed by atoms with Gasteiger partial charge in [-0.2, -0.15) is 0 Å². The minimum atomic E-state index is -0.161. The van der Waals surface area contributed by atoms with Gasteiger partial charge in [0.2, 0.25) is 0 Å². The van der Waals surface area contributed by atoms with Gasteiger partial charge in [0.15, 0.2) is 0 Å². The highest BCUT2D eigenvalue weighted by atomic mass is 16.5. The first-order valence-corrected chi connectivity index (χ1v) is 5.47. The first-order valence-electron chi connectivity index (χ1n) is 5.47. The van der Waals surface area contributed by atoms with E-state index < -0.39 is 0 Å². The first kappa shape index (κ1) is 11.3. The fraction of sp³-hybridized carbons (Fsp3) is 0.750. The van der Waals surface area contributed by atoms with Crippen LogP contribution in [0.2, 0.25) is 0 Å². The van der Waals surface area contributed by atoms with Gasteiger partial charge in [0.05, 0.1) is 0 Å². The second-order valence-electron chi connectivity index (χ2n) is 4.33. The Kier molecular flexibility index (Phi) is 4.18. The summed E-state index contributed by atoms with van der Waals surface area (Å²) in [4.78, 5) is 10.9. The van der Waals surface area contributed by atoms with Crippen molar-refractivity contribution in [3.05, 3.63) is 11.6 Å². The van der Waals surface area contributed by atoms with E-state index in [0.29, 0.717) is 5.92 Å². The lowest BCUT2D eigenvalue weighted by Gasteiger charge is -2.25. The van der Waals surface area contributed by atoms with Crippen molar-refractivity contribution >= 4 is 5.97 Å². The molecule has 1 saturated carbocycles. The quantitative estimate of drug-likeness (QED) is 0.501. The van der Waals surface area contributed by atoms with Crippen LogP contribution in [0, 0.1) is 5.92 Å². The number of hydrogen-bond donors (Lipinski definition) is 0. The SMILES string of the molecule is CC(=O)O[C@H]1CCCC/C1=C\C(C)C. The average molecular weight is 196 g/mol. The van der Waals surface area contributed by atoms with Crippen LogP contribution in [0.4, 0.5) is 0 Å². The molecule has 0 bridgehead atoms. The largest absolute Gasteiger partial charge is 0.458 e. The third-order valence-corrected chi connectivity index (χ3v) is 2.45. The molecule has 0 unspecified atom stereocenters. The summed E-state index contributed by atoms with van der Waals surface area (Å²) >= 11 is 0. The maximum Gasteiger partial charge on any atom is 0.303 e. The van der Waals surface area contributed by atoms with Gasteiger partial charge in [-0.15, -0.1) is 0 Å². The van der Waals surface area contributed by atoms with E-state index in [9.17, 15) is 4.79 Å². The molecule has 14 heavy (non-hydrogen) atoms. The number of ether oxygens (including phenoxy) is 1. The van der Waals surface area contributed by atoms with Gasteiger partial charge in [0, 0.05) is 6.92 Å². The first-order chi connectivity index (χ1) is 6.59. The van der Waals surface area contributed by atoms with E-state index in [1.54, 1.807) is 0 Å². The summed E-state index contributed by atoms with van der Waals surface area (Å²) in [7, 11) is 0. The minimum Gasteiger partial charge on any atom is -0.458 e. The molecule has 0 spiro atoms. The molecule has 0 aromatic carbocycles. The fourth-order valence-corrected chi connectivity index (χ4v) is 1.96. The van der Waals surface area contributed by atoms with Crippen LogP contribution in [0.25, 0.3) is 0 Å². The Morgan fingerprint density at radius 3 is 2.79 bits per heavy atom. The minimum absolute atomic E-state index is 0.0589. The van der Waals surface area contributed by atoms with Crippen LogP contribution in [0.3, 0.4) is 0 Å². The van der Waals surface area contributed by atoms with E-state index in [4.69, 9.17) is 4.74 Å². The zero-order valence-corrected chi connectivity index (χ0v) is 9.38. The lowest BCUT2D eigenvalue weighted by atomic mass is 9.90. The lowest BCUT2D eigenvalue weighted by Crippen LogP contribution is -2.22. The Labute approximate surface area is 86.3 Å². The van der Waals surface area contributed by atoms with Crippen LogP contribution in [-0.4, -0.2) is 12.1 Å². The van der Waals surface area contributed by atoms with Crippen molar-refractivity contribution in [3.8, 4) is 0 Å². The number of rotatable bonds is 2. The molecule has 80 valence electrons. The van der Waals surface area contributed by atoms with E-state index >= 15 is 0 Å². The number of carbonyl (C=O) groups excluding carboxylic acids is 1. The fourth-order valence-electron chi connectivity index (χ4n) is 1.96. The molecule has 2 heteroatoms. The van der Waals surface area contributed by atoms with E-state index in [2.05, 4.69) is 19.9 Å². The van der Waals surface area contributed by atoms with E-state index in [0.717, 1.165) is 12.8 Å². The summed E-state index contributed by atoms with van der Waals surface area (Å²) in [6.45, 7) is 5.81. The zero-order valence-electron chi connectivity index (χ0n) is 9.38. The third-order valence-electron chi connectivity index (χ3n) is 2.45. The molecule has 0 radical (unpaired) electrons. The van der Waals surface area contributed by atoms with Crippen LogP contribution in [-0.2, 0) is 9.53 Å². The molecule has 1 atom stereocenters. The molecule has 1 fully saturated rings. The van der Waals surface area contributed by atoms with Gasteiger partial charge in [0.25, 0.3) is 0 Å². The van der Waals surface area contributed by atoms with Crippen molar-refractivity contribution in [2.75, 3.05) is 0 Å². The average Bonchev–Trinajstić information content (AvgIpc) is 2.06. The van der Waals surface area contributed by atoms with Gasteiger partial charge < -0.3 is 4.74 Å². The molecule has 0 aliphatic heterocycles. The molecule has 0 amide bonds. The van der Waals surface area contributed by atoms with Gasteiger partial charge in [-0.25, -0.2) is 0 Å². The molecule has 0 saturated heterocycles. The number of esters is 1. The highest BCUT2D eigenvalue weighted by molar-refractivity contribution is 5.66. The molecule has 0 aromatic rings. The highest BCUT2D eigenvalue weighted by Gasteiger charge is 2.21. The van der Waals surface area contributed by atoms with Crippen molar-refractivity contribution in [3.63, 3.8) is 0 Å². The van der Waals surface area contributed by atoms with Crippen LogP contribution >= 0.6 is 0 Å². The van der Waals surface area contributed by atoms with Crippen molar-refractivity contribution in [1.82, 2.24) is 0 Å². The summed E-state index contributed by atoms with van der Waals surface area (Å²) in [6, 6.07) is 0. The smallest absolute Gasteiger partial charge is 0.303 e. The van der Waals surface area contributed by atoms with Crippen molar-refractivity contribution in [2.45, 2.75) is 52.6 Å². The van der Waals surface area contributed by atoms with Gasteiger partial charge in [0.1, 0.15) is 6.10 Å². The van der Waals surface area contributed by atoms with E-state index in [1.165, 1.54) is 25.3 Å². The maximum atomic E-state index is 10.9. The van der Waals surface area contributed by atoms with Crippen LogP contribution < -0.4 is 0 Å². The summed E-state index contributed by atoms with van der Waals surface area (Å²) in [5.74, 6) is 0.382. The Balaban J connectivity index is 2.63. The molecule has 1 aliphatic rings. The topological polar surface area (TPSA) is 26.3 Å². The summed E-state index contributed by atoms with van der Waals surface area (Å²) in [5, 5.41) is 0. The zero-order chi connectivity index (χ0) is 10.6. The normalized spacial score (nSPS) is 25.4. The molecular formula is C12H20O2. The Bertz CT molecular complexity index is 228. The second kappa shape index (κ2) is 5.18. The second-order valence-corrected chi connectivity index (χ2v) is 4.33. The van der Waals surface area contributed by atoms with Crippen molar-refractivity contribution < 1.29 is 9.53 Å². The summed E-state index contributed by atoms with van der Waals surface area (Å²) < 4.78 is 5.30. The van der Waals surface area contributed by atoms with Gasteiger partial charge in [-0.05, 0) is 37.2 Å². The van der Waals surface area contributed by atoms with Crippen LogP contribution in [0.5, 0.6) is 0 Å². The molecule has 0 N–H and O–H groups in total. The van der Waals surface area contributed by atoms with Crippen LogP contribution in [0.1, 0.15) is 46.5 Å². The van der Waals surface area contributed by atoms with Gasteiger partial charge in [-0.3, -0.25) is 4.79 Å². The van der Waals surface area contributed by atoms with Gasteiger partial charge >= 0.3 is 5.97 Å².